The second kappa shape index (κ2) is 10.1. The van der Waals surface area contributed by atoms with Crippen LogP contribution in [-0.2, 0) is 0 Å². The van der Waals surface area contributed by atoms with Gasteiger partial charge in [-0.3, -0.25) is 4.98 Å². The summed E-state index contributed by atoms with van der Waals surface area (Å²) in [5.74, 6) is 0. The van der Waals surface area contributed by atoms with Gasteiger partial charge in [-0.25, -0.2) is 4.98 Å². The summed E-state index contributed by atoms with van der Waals surface area (Å²) in [5.41, 5.74) is 10.1. The van der Waals surface area contributed by atoms with E-state index in [0.29, 0.717) is 0 Å². The Labute approximate surface area is 239 Å². The van der Waals surface area contributed by atoms with Crippen LogP contribution in [0.15, 0.2) is 126 Å². The van der Waals surface area contributed by atoms with Crippen molar-refractivity contribution < 1.29 is 0 Å². The number of para-hydroxylation sites is 4. The van der Waals surface area contributed by atoms with Crippen LogP contribution in [0, 0.1) is 6.92 Å². The second-order valence-electron chi connectivity index (χ2n) is 9.87. The van der Waals surface area contributed by atoms with Crippen molar-refractivity contribution in [2.24, 2.45) is 0 Å². The topological polar surface area (TPSA) is 57.4 Å². The second-order valence-corrected chi connectivity index (χ2v) is 10.7. The molecule has 8 rings (SSSR count). The molecule has 0 atom stereocenters. The van der Waals surface area contributed by atoms with Crippen molar-refractivity contribution in [1.29, 1.82) is 0 Å². The molecular formula is C35H25BrN4. The maximum absolute atomic E-state index is 4.81. The molecule has 4 aromatic carbocycles. The Kier molecular flexibility index (Phi) is 6.14. The molecule has 4 heterocycles. The van der Waals surface area contributed by atoms with Crippen molar-refractivity contribution in [2.75, 3.05) is 0 Å². The summed E-state index contributed by atoms with van der Waals surface area (Å²) in [6, 6.07) is 35.4. The van der Waals surface area contributed by atoms with Crippen LogP contribution in [0.1, 0.15) is 5.56 Å². The van der Waals surface area contributed by atoms with Gasteiger partial charge < -0.3 is 9.97 Å². The maximum atomic E-state index is 4.81. The molecule has 0 aliphatic rings. The quantitative estimate of drug-likeness (QED) is 0.214. The van der Waals surface area contributed by atoms with Gasteiger partial charge in [0, 0.05) is 66.8 Å². The third kappa shape index (κ3) is 4.34. The Morgan fingerprint density at radius 1 is 0.650 bits per heavy atom. The Hall–Kier alpha value is -4.74. The number of aryl methyl sites for hydroxylation is 1. The maximum Gasteiger partial charge on any atom is 0.0733 e. The minimum Gasteiger partial charge on any atom is -0.360 e. The molecule has 0 amide bonds. The molecule has 0 spiro atoms. The molecule has 40 heavy (non-hydrogen) atoms. The average molecular weight is 582 g/mol. The lowest BCUT2D eigenvalue weighted by atomic mass is 10.0. The first-order chi connectivity index (χ1) is 19.7. The van der Waals surface area contributed by atoms with Crippen molar-refractivity contribution in [3.05, 3.63) is 132 Å². The van der Waals surface area contributed by atoms with Crippen molar-refractivity contribution in [3.8, 4) is 22.4 Å². The number of hydrogen-bond donors (Lipinski definition) is 2. The molecule has 0 saturated heterocycles. The molecule has 0 bridgehead atoms. The number of fused-ring (bicyclic) bond motifs is 4. The Morgan fingerprint density at radius 2 is 1.38 bits per heavy atom. The highest BCUT2D eigenvalue weighted by molar-refractivity contribution is 9.10. The molecule has 0 radical (unpaired) electrons. The van der Waals surface area contributed by atoms with Gasteiger partial charge >= 0.3 is 0 Å². The fraction of sp³-hybridized carbons (Fsp3) is 0.0286. The number of H-pyrrole nitrogens is 2. The van der Waals surface area contributed by atoms with E-state index in [0.717, 1.165) is 48.7 Å². The summed E-state index contributed by atoms with van der Waals surface area (Å²) in [7, 11) is 0. The van der Waals surface area contributed by atoms with Gasteiger partial charge in [0.2, 0.25) is 0 Å². The zero-order valence-corrected chi connectivity index (χ0v) is 23.4. The molecule has 0 fully saturated rings. The molecule has 8 aromatic rings. The molecular weight excluding hydrogens is 556 g/mol. The van der Waals surface area contributed by atoms with Crippen LogP contribution in [0.5, 0.6) is 0 Å². The predicted molar refractivity (Wildman–Crippen MR) is 171 cm³/mol. The van der Waals surface area contributed by atoms with E-state index in [1.54, 1.807) is 0 Å². The summed E-state index contributed by atoms with van der Waals surface area (Å²) in [5, 5.41) is 4.80. The number of pyridine rings is 2. The Morgan fingerprint density at radius 3 is 2.27 bits per heavy atom. The number of halogens is 1. The Bertz CT molecular complexity index is 2150. The fourth-order valence-electron chi connectivity index (χ4n) is 5.35. The average Bonchev–Trinajstić information content (AvgIpc) is 3.63. The van der Waals surface area contributed by atoms with Gasteiger partial charge in [0.1, 0.15) is 0 Å². The summed E-state index contributed by atoms with van der Waals surface area (Å²) in [6.45, 7) is 2.14. The molecule has 0 unspecified atom stereocenters. The molecule has 192 valence electrons. The molecule has 0 saturated carbocycles. The summed E-state index contributed by atoms with van der Waals surface area (Å²) < 4.78 is 1.08. The summed E-state index contributed by atoms with van der Waals surface area (Å²) in [6.07, 6.45) is 6.02. The number of nitrogens with zero attached hydrogens (tertiary/aromatic N) is 2. The number of aromatic nitrogens is 4. The van der Waals surface area contributed by atoms with E-state index in [1.165, 1.54) is 27.3 Å². The van der Waals surface area contributed by atoms with Gasteiger partial charge in [-0.15, -0.1) is 0 Å². The van der Waals surface area contributed by atoms with Crippen LogP contribution in [-0.4, -0.2) is 19.9 Å². The zero-order chi connectivity index (χ0) is 27.1. The lowest BCUT2D eigenvalue weighted by Crippen LogP contribution is -1.87. The van der Waals surface area contributed by atoms with Gasteiger partial charge in [0.05, 0.1) is 22.2 Å². The molecule has 4 nitrogen and oxygen atoms in total. The van der Waals surface area contributed by atoms with E-state index in [4.69, 9.17) is 4.98 Å². The van der Waals surface area contributed by atoms with Gasteiger partial charge in [-0.05, 0) is 64.8 Å². The largest absolute Gasteiger partial charge is 0.360 e. The van der Waals surface area contributed by atoms with Gasteiger partial charge in [0.15, 0.2) is 0 Å². The summed E-state index contributed by atoms with van der Waals surface area (Å²) in [4.78, 5) is 16.0. The smallest absolute Gasteiger partial charge is 0.0733 e. The molecule has 0 aliphatic carbocycles. The van der Waals surface area contributed by atoms with Gasteiger partial charge in [-0.1, -0.05) is 66.7 Å². The highest BCUT2D eigenvalue weighted by Gasteiger charge is 2.10. The molecule has 2 N–H and O–H groups in total. The third-order valence-corrected chi connectivity index (χ3v) is 8.02. The molecule has 0 aliphatic heterocycles. The van der Waals surface area contributed by atoms with E-state index >= 15 is 0 Å². The first-order valence-electron chi connectivity index (χ1n) is 13.2. The van der Waals surface area contributed by atoms with Crippen LogP contribution in [0.2, 0.25) is 0 Å². The highest BCUT2D eigenvalue weighted by Crippen LogP contribution is 2.33. The predicted octanol–water partition coefficient (Wildman–Crippen LogP) is 9.84. The fourth-order valence-corrected chi connectivity index (χ4v) is 5.83. The van der Waals surface area contributed by atoms with Gasteiger partial charge in [0.25, 0.3) is 0 Å². The van der Waals surface area contributed by atoms with Crippen LogP contribution in [0.3, 0.4) is 0 Å². The first-order valence-corrected chi connectivity index (χ1v) is 14.0. The SMILES string of the molecule is Brc1cccc2c(-c3cnc4ccccc4c3)c[nH]c12.Cc1cc(-c2c[nH]c3ccccc23)nc2ccccc12. The number of hydrogen-bond acceptors (Lipinski definition) is 2. The van der Waals surface area contributed by atoms with E-state index in [2.05, 4.69) is 105 Å². The minimum absolute atomic E-state index is 1.03. The van der Waals surface area contributed by atoms with E-state index < -0.39 is 0 Å². The lowest BCUT2D eigenvalue weighted by molar-refractivity contribution is 1.36. The number of rotatable bonds is 2. The first kappa shape index (κ1) is 24.3. The van der Waals surface area contributed by atoms with Gasteiger partial charge in [-0.2, -0.15) is 0 Å². The minimum atomic E-state index is 1.03. The van der Waals surface area contributed by atoms with E-state index in [-0.39, 0.29) is 0 Å². The normalized spacial score (nSPS) is 11.2. The number of aromatic amines is 2. The van der Waals surface area contributed by atoms with Crippen molar-refractivity contribution in [1.82, 2.24) is 19.9 Å². The van der Waals surface area contributed by atoms with Crippen molar-refractivity contribution >= 4 is 59.5 Å². The number of benzene rings is 4. The lowest BCUT2D eigenvalue weighted by Gasteiger charge is -2.05. The standard InChI is InChI=1S/C18H14N2.C17H11BrN2/c1-12-10-18(20-17-9-5-2-6-13(12)17)15-11-19-16-8-4-3-7-14(15)16;18-15-6-3-5-13-14(10-20-17(13)15)12-8-11-4-1-2-7-16(11)19-9-12/h2-11,19H,1H3;1-10,20H. The monoisotopic (exact) mass is 580 g/mol. The zero-order valence-electron chi connectivity index (χ0n) is 21.8. The van der Waals surface area contributed by atoms with E-state index in [9.17, 15) is 0 Å². The highest BCUT2D eigenvalue weighted by atomic mass is 79.9. The van der Waals surface area contributed by atoms with E-state index in [1.807, 2.05) is 55.0 Å². The van der Waals surface area contributed by atoms with Crippen molar-refractivity contribution in [2.45, 2.75) is 6.92 Å². The van der Waals surface area contributed by atoms with Crippen LogP contribution in [0.4, 0.5) is 0 Å². The molecule has 5 heteroatoms. The third-order valence-electron chi connectivity index (χ3n) is 7.35. The van der Waals surface area contributed by atoms with Crippen molar-refractivity contribution in [3.63, 3.8) is 0 Å². The van der Waals surface area contributed by atoms with Crippen LogP contribution >= 0.6 is 15.9 Å². The molecule has 4 aromatic heterocycles. The Balaban J connectivity index is 0.000000132. The summed E-state index contributed by atoms with van der Waals surface area (Å²) >= 11 is 3.58. The number of nitrogens with one attached hydrogen (secondary N) is 2. The van der Waals surface area contributed by atoms with Crippen LogP contribution < -0.4 is 0 Å². The van der Waals surface area contributed by atoms with Crippen LogP contribution in [0.25, 0.3) is 66.0 Å².